The van der Waals surface area contributed by atoms with E-state index in [0.717, 1.165) is 5.56 Å². The molecule has 0 amide bonds. The lowest BCUT2D eigenvalue weighted by atomic mass is 9.92. The number of benzene rings is 2. The average Bonchev–Trinajstić information content (AvgIpc) is 2.82. The Morgan fingerprint density at radius 3 is 2.04 bits per heavy atom. The Balaban J connectivity index is 2.06. The van der Waals surface area contributed by atoms with Gasteiger partial charge in [-0.15, -0.1) is 0 Å². The molecule has 0 fully saturated rings. The molecule has 0 aromatic heterocycles. The van der Waals surface area contributed by atoms with Gasteiger partial charge in [0.15, 0.2) is 0 Å². The van der Waals surface area contributed by atoms with Crippen LogP contribution in [0.4, 0.5) is 0 Å². The Morgan fingerprint density at radius 1 is 0.958 bits per heavy atom. The lowest BCUT2D eigenvalue weighted by Gasteiger charge is -2.29. The van der Waals surface area contributed by atoms with Gasteiger partial charge in [0.1, 0.15) is 11.5 Å². The summed E-state index contributed by atoms with van der Waals surface area (Å²) in [6, 6.07) is 12.4. The van der Waals surface area contributed by atoms with Crippen LogP contribution < -0.4 is 0 Å². The van der Waals surface area contributed by atoms with Crippen molar-refractivity contribution in [3.05, 3.63) is 65.4 Å². The number of cyclic esters (lactones) is 1. The van der Waals surface area contributed by atoms with Crippen molar-refractivity contribution in [1.29, 1.82) is 0 Å². The lowest BCUT2D eigenvalue weighted by Crippen LogP contribution is -2.36. The van der Waals surface area contributed by atoms with Crippen LogP contribution in [0.3, 0.4) is 0 Å². The van der Waals surface area contributed by atoms with E-state index in [2.05, 4.69) is 0 Å². The number of hydrogen-bond donors (Lipinski definition) is 3. The molecule has 0 radical (unpaired) electrons. The number of rotatable bonds is 4. The highest BCUT2D eigenvalue weighted by atomic mass is 16.7. The summed E-state index contributed by atoms with van der Waals surface area (Å²) in [6.07, 6.45) is 0.149. The molecule has 0 saturated heterocycles. The Kier molecular flexibility index (Phi) is 3.91. The van der Waals surface area contributed by atoms with Crippen LogP contribution in [-0.4, -0.2) is 34.2 Å². The number of aromatic hydroxyl groups is 2. The first-order valence-corrected chi connectivity index (χ1v) is 7.25. The van der Waals surface area contributed by atoms with E-state index in [1.807, 2.05) is 0 Å². The van der Waals surface area contributed by atoms with Crippen molar-refractivity contribution in [1.82, 2.24) is 0 Å². The van der Waals surface area contributed by atoms with E-state index in [-0.39, 0.29) is 23.5 Å². The Hall–Kier alpha value is -2.99. The van der Waals surface area contributed by atoms with Crippen molar-refractivity contribution in [3.63, 3.8) is 0 Å². The number of aliphatic hydroxyl groups excluding tert-OH is 1. The van der Waals surface area contributed by atoms with Gasteiger partial charge in [-0.3, -0.25) is 0 Å². The summed E-state index contributed by atoms with van der Waals surface area (Å²) < 4.78 is 10.8. The Bertz CT molecular complexity index is 791. The van der Waals surface area contributed by atoms with Gasteiger partial charge in [-0.1, -0.05) is 24.3 Å². The van der Waals surface area contributed by atoms with Gasteiger partial charge in [0.25, 0.3) is 0 Å². The van der Waals surface area contributed by atoms with Crippen LogP contribution in [0.2, 0.25) is 0 Å². The van der Waals surface area contributed by atoms with E-state index >= 15 is 0 Å². The third-order valence-electron chi connectivity index (χ3n) is 3.93. The number of phenols is 2. The maximum absolute atomic E-state index is 11.9. The largest absolute Gasteiger partial charge is 0.508 e. The summed E-state index contributed by atoms with van der Waals surface area (Å²) >= 11 is 0. The number of hydrogen-bond acceptors (Lipinski definition) is 6. The maximum atomic E-state index is 11.9. The van der Waals surface area contributed by atoms with Gasteiger partial charge in [-0.25, -0.2) is 4.79 Å². The molecular formula is C18H16O6. The molecule has 0 spiro atoms. The minimum atomic E-state index is -1.49. The van der Waals surface area contributed by atoms with Crippen LogP contribution in [0.5, 0.6) is 11.5 Å². The average molecular weight is 328 g/mol. The molecule has 1 heterocycles. The quantitative estimate of drug-likeness (QED) is 0.746. The van der Waals surface area contributed by atoms with Crippen LogP contribution in [0, 0.1) is 0 Å². The molecule has 1 atom stereocenters. The molecule has 0 aliphatic carbocycles. The van der Waals surface area contributed by atoms with Crippen LogP contribution in [0.1, 0.15) is 11.1 Å². The molecular weight excluding hydrogens is 312 g/mol. The highest BCUT2D eigenvalue weighted by Gasteiger charge is 2.49. The first kappa shape index (κ1) is 15.9. The van der Waals surface area contributed by atoms with Crippen molar-refractivity contribution in [2.45, 2.75) is 12.2 Å². The van der Waals surface area contributed by atoms with E-state index in [1.165, 1.54) is 31.4 Å². The molecule has 2 aromatic carbocycles. The molecule has 0 unspecified atom stereocenters. The highest BCUT2D eigenvalue weighted by molar-refractivity contribution is 6.01. The summed E-state index contributed by atoms with van der Waals surface area (Å²) in [7, 11) is 1.38. The predicted molar refractivity (Wildman–Crippen MR) is 85.3 cm³/mol. The fraction of sp³-hybridized carbons (Fsp3) is 0.167. The topological polar surface area (TPSA) is 96.2 Å². The first-order valence-electron chi connectivity index (χ1n) is 7.25. The second-order valence-electron chi connectivity index (χ2n) is 5.46. The molecule has 0 bridgehead atoms. The third-order valence-corrected chi connectivity index (χ3v) is 3.93. The van der Waals surface area contributed by atoms with Crippen molar-refractivity contribution >= 4 is 11.5 Å². The zero-order chi connectivity index (χ0) is 17.3. The van der Waals surface area contributed by atoms with Crippen LogP contribution in [0.25, 0.3) is 5.57 Å². The number of esters is 1. The van der Waals surface area contributed by atoms with Crippen molar-refractivity contribution in [3.8, 4) is 11.5 Å². The molecule has 1 aliphatic rings. The molecule has 2 aromatic rings. The van der Waals surface area contributed by atoms with E-state index in [1.54, 1.807) is 24.3 Å². The number of ether oxygens (including phenoxy) is 2. The Morgan fingerprint density at radius 2 is 1.50 bits per heavy atom. The van der Waals surface area contributed by atoms with Crippen molar-refractivity contribution < 1.29 is 29.6 Å². The normalized spacial score (nSPS) is 20.3. The summed E-state index contributed by atoms with van der Waals surface area (Å²) in [4.78, 5) is 11.9. The summed E-state index contributed by atoms with van der Waals surface area (Å²) in [5.41, 5.74) is 1.44. The third kappa shape index (κ3) is 2.68. The zero-order valence-corrected chi connectivity index (χ0v) is 12.9. The number of methoxy groups -OCH3 is 1. The van der Waals surface area contributed by atoms with Gasteiger partial charge in [0.2, 0.25) is 11.5 Å². The van der Waals surface area contributed by atoms with E-state index in [9.17, 15) is 20.1 Å². The van der Waals surface area contributed by atoms with Gasteiger partial charge >= 0.3 is 5.97 Å². The van der Waals surface area contributed by atoms with Crippen molar-refractivity contribution in [2.24, 2.45) is 0 Å². The molecule has 6 nitrogen and oxygen atoms in total. The molecule has 6 heteroatoms. The van der Waals surface area contributed by atoms with Gasteiger partial charge < -0.3 is 24.8 Å². The summed E-state index contributed by atoms with van der Waals surface area (Å²) in [5, 5.41) is 29.0. The van der Waals surface area contributed by atoms with Crippen LogP contribution in [-0.2, 0) is 20.7 Å². The summed E-state index contributed by atoms with van der Waals surface area (Å²) in [6.45, 7) is 0. The second-order valence-corrected chi connectivity index (χ2v) is 5.46. The SMILES string of the molecule is CO[C@@]1(Cc2ccc(O)cc2)OC(=O)C(O)=C1c1ccc(O)cc1. The second kappa shape index (κ2) is 5.90. The minimum absolute atomic E-state index is 0.0608. The lowest BCUT2D eigenvalue weighted by molar-refractivity contribution is -0.186. The number of phenolic OH excluding ortho intramolecular Hbond substituents is 2. The van der Waals surface area contributed by atoms with Crippen LogP contribution >= 0.6 is 0 Å². The minimum Gasteiger partial charge on any atom is -0.508 e. The standard InChI is InChI=1S/C18H16O6/c1-23-18(10-11-2-6-13(19)7-3-11)15(16(21)17(22)24-18)12-4-8-14(20)9-5-12/h2-9,19-21H,10H2,1H3/t18-/m0/s1. The molecule has 0 saturated carbocycles. The molecule has 24 heavy (non-hydrogen) atoms. The van der Waals surface area contributed by atoms with E-state index < -0.39 is 17.5 Å². The van der Waals surface area contributed by atoms with Crippen molar-refractivity contribution in [2.75, 3.05) is 7.11 Å². The monoisotopic (exact) mass is 328 g/mol. The first-order chi connectivity index (χ1) is 11.4. The van der Waals surface area contributed by atoms with Gasteiger partial charge in [0.05, 0.1) is 5.57 Å². The Labute approximate surface area is 138 Å². The number of carbonyl (C=O) groups is 1. The predicted octanol–water partition coefficient (Wildman–Crippen LogP) is 2.51. The molecule has 3 rings (SSSR count). The smallest absolute Gasteiger partial charge is 0.376 e. The zero-order valence-electron chi connectivity index (χ0n) is 12.9. The maximum Gasteiger partial charge on any atom is 0.376 e. The van der Waals surface area contributed by atoms with Crippen LogP contribution in [0.15, 0.2) is 54.3 Å². The van der Waals surface area contributed by atoms with E-state index in [0.29, 0.717) is 5.56 Å². The number of carbonyl (C=O) groups excluding carboxylic acids is 1. The molecule has 124 valence electrons. The molecule has 1 aliphatic heterocycles. The van der Waals surface area contributed by atoms with Gasteiger partial charge in [0, 0.05) is 13.5 Å². The fourth-order valence-corrected chi connectivity index (χ4v) is 2.74. The van der Waals surface area contributed by atoms with Gasteiger partial charge in [-0.05, 0) is 35.4 Å². The summed E-state index contributed by atoms with van der Waals surface area (Å²) in [5.74, 6) is -2.72. The fourth-order valence-electron chi connectivity index (χ4n) is 2.74. The highest BCUT2D eigenvalue weighted by Crippen LogP contribution is 2.42. The van der Waals surface area contributed by atoms with E-state index in [4.69, 9.17) is 9.47 Å². The number of aliphatic hydroxyl groups is 1. The molecule has 3 N–H and O–H groups in total. The van der Waals surface area contributed by atoms with Gasteiger partial charge in [-0.2, -0.15) is 0 Å².